The van der Waals surface area contributed by atoms with Gasteiger partial charge in [0.05, 0.1) is 34.5 Å². The summed E-state index contributed by atoms with van der Waals surface area (Å²) in [5, 5.41) is 12.0. The zero-order valence-electron chi connectivity index (χ0n) is 23.0. The summed E-state index contributed by atoms with van der Waals surface area (Å²) in [5.74, 6) is 0.846. The van der Waals surface area contributed by atoms with Crippen molar-refractivity contribution in [1.29, 1.82) is 0 Å². The molecule has 0 bridgehead atoms. The summed E-state index contributed by atoms with van der Waals surface area (Å²) in [6.07, 6.45) is -5.90. The van der Waals surface area contributed by atoms with Crippen molar-refractivity contribution in [1.82, 2.24) is 4.72 Å². The van der Waals surface area contributed by atoms with Crippen LogP contribution in [0.4, 0.5) is 30.2 Å². The van der Waals surface area contributed by atoms with Crippen LogP contribution in [0.3, 0.4) is 0 Å². The van der Waals surface area contributed by atoms with E-state index in [4.69, 9.17) is 4.74 Å². The Hall–Kier alpha value is -4.26. The number of rotatable bonds is 6. The summed E-state index contributed by atoms with van der Waals surface area (Å²) in [6.45, 7) is 0.719. The highest BCUT2D eigenvalue weighted by Gasteiger charge is 2.43. The molecular weight excluding hydrogens is 581 g/mol. The normalized spacial score (nSPS) is 21.2. The maximum Gasteiger partial charge on any atom is 0.573 e. The highest BCUT2D eigenvalue weighted by atomic mass is 32.2. The van der Waals surface area contributed by atoms with E-state index in [-0.39, 0.29) is 11.4 Å². The van der Waals surface area contributed by atoms with Crippen LogP contribution in [0.1, 0.15) is 0 Å². The van der Waals surface area contributed by atoms with Crippen molar-refractivity contribution in [3.05, 3.63) is 103 Å². The molecule has 4 unspecified atom stereocenters. The standard InChI is InChI=1S/C31H29F3N4O4S/c1-35-43(40,23-17-15-22(16-18-23)42-31(32,33)34)36-24-19-37(21-9-3-2-4-10-21)20-27(30(24)39)38-25-11-5-7-13-28(25)41-29-14-8-6-12-26(29)38/h2-18,24,27,30,39H,19-20H2,1H3,(H,35,36,40). The van der Waals surface area contributed by atoms with E-state index in [0.717, 1.165) is 29.2 Å². The molecule has 0 amide bonds. The fourth-order valence-electron chi connectivity index (χ4n) is 5.56. The third-order valence-electron chi connectivity index (χ3n) is 7.50. The summed E-state index contributed by atoms with van der Waals surface area (Å²) in [7, 11) is -2.00. The van der Waals surface area contributed by atoms with E-state index in [0.29, 0.717) is 18.0 Å². The van der Waals surface area contributed by atoms with Crippen LogP contribution in [0.25, 0.3) is 0 Å². The van der Waals surface area contributed by atoms with E-state index in [1.165, 1.54) is 19.2 Å². The molecule has 12 heteroatoms. The molecule has 4 aromatic rings. The van der Waals surface area contributed by atoms with Gasteiger partial charge in [0.15, 0.2) is 11.5 Å². The molecule has 2 aliphatic rings. The third-order valence-corrected chi connectivity index (χ3v) is 9.55. The first-order valence-corrected chi connectivity index (χ1v) is 15.1. The number of benzene rings is 4. The Kier molecular flexibility index (Phi) is 7.67. The first-order chi connectivity index (χ1) is 20.6. The summed E-state index contributed by atoms with van der Waals surface area (Å²) < 4.78 is 69.6. The number of nitrogens with zero attached hydrogens (tertiary/aromatic N) is 3. The van der Waals surface area contributed by atoms with E-state index in [1.54, 1.807) is 0 Å². The van der Waals surface area contributed by atoms with Gasteiger partial charge in [0, 0.05) is 25.8 Å². The monoisotopic (exact) mass is 610 g/mol. The first-order valence-electron chi connectivity index (χ1n) is 13.6. The highest BCUT2D eigenvalue weighted by Crippen LogP contribution is 2.48. The predicted molar refractivity (Wildman–Crippen MR) is 158 cm³/mol. The second-order valence-corrected chi connectivity index (χ2v) is 12.3. The van der Waals surface area contributed by atoms with Gasteiger partial charge in [-0.25, -0.2) is 13.3 Å². The average molecular weight is 611 g/mol. The highest BCUT2D eigenvalue weighted by molar-refractivity contribution is 7.91. The molecule has 8 nitrogen and oxygen atoms in total. The molecule has 4 atom stereocenters. The van der Waals surface area contributed by atoms with Crippen LogP contribution in [0.5, 0.6) is 17.2 Å². The maximum atomic E-state index is 14.2. The van der Waals surface area contributed by atoms with E-state index in [2.05, 4.69) is 23.6 Å². The zero-order chi connectivity index (χ0) is 30.2. The SMILES string of the molecule is CN=S(=O)(NC1CN(c2ccccc2)CC(N2c3ccccc3Oc3ccccc32)C1O)c1ccc(OC(F)(F)F)cc1. The molecule has 2 heterocycles. The summed E-state index contributed by atoms with van der Waals surface area (Å²) in [6, 6.07) is 28.3. The Bertz CT molecular complexity index is 1670. The van der Waals surface area contributed by atoms with Crippen LogP contribution < -0.4 is 24.0 Å². The second-order valence-electron chi connectivity index (χ2n) is 10.2. The molecule has 0 spiro atoms. The smallest absolute Gasteiger partial charge is 0.453 e. The van der Waals surface area contributed by atoms with Gasteiger partial charge in [-0.3, -0.25) is 0 Å². The van der Waals surface area contributed by atoms with Crippen LogP contribution in [-0.4, -0.2) is 54.0 Å². The Morgan fingerprint density at radius 2 is 1.47 bits per heavy atom. The van der Waals surface area contributed by atoms with Crippen LogP contribution in [0, 0.1) is 0 Å². The van der Waals surface area contributed by atoms with E-state index in [9.17, 15) is 22.5 Å². The molecular formula is C31H29F3N4O4S. The minimum atomic E-state index is -4.85. The molecule has 2 aliphatic heterocycles. The quantitative estimate of drug-likeness (QED) is 0.274. The molecule has 0 saturated carbocycles. The lowest BCUT2D eigenvalue weighted by Gasteiger charge is -2.49. The van der Waals surface area contributed by atoms with E-state index >= 15 is 0 Å². The number of para-hydroxylation sites is 5. The fraction of sp³-hybridized carbons (Fsp3) is 0.226. The molecule has 4 aromatic carbocycles. The molecule has 1 saturated heterocycles. The number of alkyl halides is 3. The zero-order valence-corrected chi connectivity index (χ0v) is 23.8. The summed E-state index contributed by atoms with van der Waals surface area (Å²) in [5.41, 5.74) is 2.47. The number of aliphatic hydroxyl groups is 1. The number of halogens is 3. The topological polar surface area (TPSA) is 86.6 Å². The Morgan fingerprint density at radius 1 is 0.884 bits per heavy atom. The number of nitrogens with one attached hydrogen (secondary N) is 1. The van der Waals surface area contributed by atoms with Crippen LogP contribution in [0.15, 0.2) is 112 Å². The fourth-order valence-corrected chi connectivity index (χ4v) is 7.14. The molecule has 2 N–H and O–H groups in total. The predicted octanol–water partition coefficient (Wildman–Crippen LogP) is 6.11. The number of hydrogen-bond donors (Lipinski definition) is 2. The van der Waals surface area contributed by atoms with Crippen molar-refractivity contribution >= 4 is 27.0 Å². The van der Waals surface area contributed by atoms with Crippen molar-refractivity contribution in [3.8, 4) is 17.2 Å². The lowest BCUT2D eigenvalue weighted by atomic mass is 9.94. The van der Waals surface area contributed by atoms with Crippen LogP contribution >= 0.6 is 0 Å². The number of piperidine rings is 1. The molecule has 0 aliphatic carbocycles. The maximum absolute atomic E-state index is 14.2. The van der Waals surface area contributed by atoms with Gasteiger partial charge in [-0.1, -0.05) is 42.5 Å². The van der Waals surface area contributed by atoms with E-state index < -0.39 is 40.2 Å². The van der Waals surface area contributed by atoms with Gasteiger partial charge in [0.1, 0.15) is 15.7 Å². The van der Waals surface area contributed by atoms with Gasteiger partial charge in [0.2, 0.25) is 0 Å². The van der Waals surface area contributed by atoms with Crippen molar-refractivity contribution < 1.29 is 32.0 Å². The van der Waals surface area contributed by atoms with Gasteiger partial charge in [0.25, 0.3) is 0 Å². The first kappa shape index (κ1) is 28.8. The van der Waals surface area contributed by atoms with Crippen LogP contribution in [-0.2, 0) is 9.92 Å². The second kappa shape index (κ2) is 11.4. The molecule has 224 valence electrons. The molecule has 0 radical (unpaired) electrons. The summed E-state index contributed by atoms with van der Waals surface area (Å²) >= 11 is 0. The minimum absolute atomic E-state index is 0.159. The molecule has 0 aromatic heterocycles. The Labute approximate surface area is 247 Å². The molecule has 43 heavy (non-hydrogen) atoms. The number of hydrogen-bond acceptors (Lipinski definition) is 7. The van der Waals surface area contributed by atoms with E-state index in [1.807, 2.05) is 78.9 Å². The Balaban J connectivity index is 1.38. The molecule has 6 rings (SSSR count). The number of ether oxygens (including phenoxy) is 2. The summed E-state index contributed by atoms with van der Waals surface area (Å²) in [4.78, 5) is 4.31. The number of fused-ring (bicyclic) bond motifs is 2. The lowest BCUT2D eigenvalue weighted by Crippen LogP contribution is -2.65. The Morgan fingerprint density at radius 3 is 2.05 bits per heavy atom. The number of anilines is 3. The number of aliphatic hydroxyl groups excluding tert-OH is 1. The van der Waals surface area contributed by atoms with Gasteiger partial charge in [-0.05, 0) is 60.7 Å². The van der Waals surface area contributed by atoms with Crippen molar-refractivity contribution in [2.24, 2.45) is 4.36 Å². The van der Waals surface area contributed by atoms with Gasteiger partial charge in [-0.2, -0.15) is 0 Å². The third kappa shape index (κ3) is 5.85. The minimum Gasteiger partial charge on any atom is -0.453 e. The molecule has 1 fully saturated rings. The van der Waals surface area contributed by atoms with Crippen molar-refractivity contribution in [3.63, 3.8) is 0 Å². The average Bonchev–Trinajstić information content (AvgIpc) is 3.01. The van der Waals surface area contributed by atoms with Crippen molar-refractivity contribution in [2.45, 2.75) is 29.4 Å². The lowest BCUT2D eigenvalue weighted by molar-refractivity contribution is -0.274. The van der Waals surface area contributed by atoms with Gasteiger partial charge < -0.3 is 24.4 Å². The van der Waals surface area contributed by atoms with Gasteiger partial charge in [-0.15, -0.1) is 13.2 Å². The van der Waals surface area contributed by atoms with Crippen molar-refractivity contribution in [2.75, 3.05) is 29.9 Å². The largest absolute Gasteiger partial charge is 0.573 e. The van der Waals surface area contributed by atoms with Gasteiger partial charge >= 0.3 is 6.36 Å². The van der Waals surface area contributed by atoms with Crippen LogP contribution in [0.2, 0.25) is 0 Å².